The fourth-order valence-corrected chi connectivity index (χ4v) is 2.49. The van der Waals surface area contributed by atoms with Gasteiger partial charge in [-0.05, 0) is 18.2 Å². The van der Waals surface area contributed by atoms with Crippen LogP contribution in [0.4, 0.5) is 8.63 Å². The number of aromatic nitrogens is 4. The molecule has 0 radical (unpaired) electrons. The van der Waals surface area contributed by atoms with E-state index in [9.17, 15) is 8.63 Å². The van der Waals surface area contributed by atoms with Crippen molar-refractivity contribution < 1.29 is 17.7 Å². The number of rotatable bonds is 3. The van der Waals surface area contributed by atoms with Crippen LogP contribution in [0.15, 0.2) is 55.0 Å². The van der Waals surface area contributed by atoms with Crippen molar-refractivity contribution in [1.29, 1.82) is 0 Å². The van der Waals surface area contributed by atoms with Crippen LogP contribution in [0.3, 0.4) is 0 Å². The molecule has 0 bridgehead atoms. The molecule has 0 aliphatic rings. The van der Waals surface area contributed by atoms with Gasteiger partial charge in [0.1, 0.15) is 11.8 Å². The molecule has 0 fully saturated rings. The summed E-state index contributed by atoms with van der Waals surface area (Å²) in [4.78, 5) is 7.31. The molecular formula is C14H10BF2N4O+. The summed E-state index contributed by atoms with van der Waals surface area (Å²) in [5.74, 6) is -0.103. The van der Waals surface area contributed by atoms with Gasteiger partial charge in [-0.25, -0.2) is 18.0 Å². The molecule has 108 valence electrons. The molecule has 0 amide bonds. The Balaban J connectivity index is 1.98. The van der Waals surface area contributed by atoms with E-state index in [4.69, 9.17) is 0 Å². The summed E-state index contributed by atoms with van der Waals surface area (Å²) in [6.07, 6.45) is 5.43. The van der Waals surface area contributed by atoms with Crippen LogP contribution in [0.2, 0.25) is 0 Å². The van der Waals surface area contributed by atoms with Crippen molar-refractivity contribution in [2.45, 2.75) is 0 Å². The van der Waals surface area contributed by atoms with Crippen LogP contribution in [-0.4, -0.2) is 21.8 Å². The molecule has 0 aliphatic heterocycles. The number of pyridine rings is 2. The molecule has 4 aromatic heterocycles. The van der Waals surface area contributed by atoms with Gasteiger partial charge in [0.2, 0.25) is 5.88 Å². The molecule has 0 spiro atoms. The minimum absolute atomic E-state index is 0.103. The Morgan fingerprint density at radius 3 is 2.86 bits per heavy atom. The lowest BCUT2D eigenvalue weighted by Gasteiger charge is -2.00. The predicted molar refractivity (Wildman–Crippen MR) is 76.7 cm³/mol. The third-order valence-electron chi connectivity index (χ3n) is 3.37. The van der Waals surface area contributed by atoms with Crippen LogP contribution in [0.1, 0.15) is 0 Å². The maximum absolute atomic E-state index is 12.7. The van der Waals surface area contributed by atoms with Crippen LogP contribution in [0.25, 0.3) is 22.7 Å². The molecule has 0 unspecified atom stereocenters. The smallest absolute Gasteiger partial charge is 0.489 e. The first-order chi connectivity index (χ1) is 10.7. The molecule has 8 heteroatoms. The van der Waals surface area contributed by atoms with Crippen molar-refractivity contribution in [2.75, 3.05) is 0 Å². The number of hydrogen-bond acceptors (Lipinski definition) is 2. The largest absolute Gasteiger partial charge is 0.797 e. The van der Waals surface area contributed by atoms with Crippen LogP contribution in [-0.2, 0) is 0 Å². The number of fused-ring (bicyclic) bond motifs is 2. The van der Waals surface area contributed by atoms with Gasteiger partial charge in [0, 0.05) is 12.3 Å². The van der Waals surface area contributed by atoms with Crippen LogP contribution in [0, 0.1) is 0 Å². The summed E-state index contributed by atoms with van der Waals surface area (Å²) < 4.78 is 33.5. The quantitative estimate of drug-likeness (QED) is 0.466. The van der Waals surface area contributed by atoms with Gasteiger partial charge in [0.15, 0.2) is 11.4 Å². The van der Waals surface area contributed by atoms with Crippen molar-refractivity contribution in [2.24, 2.45) is 0 Å². The van der Waals surface area contributed by atoms with E-state index in [1.807, 2.05) is 35.0 Å². The molecule has 0 aliphatic carbocycles. The van der Waals surface area contributed by atoms with Crippen LogP contribution >= 0.6 is 0 Å². The Labute approximate surface area is 124 Å². The van der Waals surface area contributed by atoms with E-state index >= 15 is 0 Å². The van der Waals surface area contributed by atoms with Crippen molar-refractivity contribution in [3.05, 3.63) is 55.0 Å². The number of H-pyrrole nitrogens is 1. The van der Waals surface area contributed by atoms with E-state index in [-0.39, 0.29) is 5.88 Å². The van der Waals surface area contributed by atoms with Crippen LogP contribution < -0.4 is 9.06 Å². The lowest BCUT2D eigenvalue weighted by atomic mass is 10.3. The van der Waals surface area contributed by atoms with Crippen LogP contribution in [0.5, 0.6) is 5.88 Å². The number of nitrogens with one attached hydrogen (secondary N) is 1. The van der Waals surface area contributed by atoms with Gasteiger partial charge in [-0.1, -0.05) is 12.1 Å². The molecule has 0 atom stereocenters. The average Bonchev–Trinajstić information content (AvgIpc) is 3.06. The zero-order valence-electron chi connectivity index (χ0n) is 11.3. The fourth-order valence-electron chi connectivity index (χ4n) is 2.49. The summed E-state index contributed by atoms with van der Waals surface area (Å²) >= 11 is 0. The average molecular weight is 299 g/mol. The Kier molecular flexibility index (Phi) is 2.82. The predicted octanol–water partition coefficient (Wildman–Crippen LogP) is 2.37. The lowest BCUT2D eigenvalue weighted by Crippen LogP contribution is -2.16. The molecule has 22 heavy (non-hydrogen) atoms. The molecule has 1 N–H and O–H groups in total. The first-order valence-electron chi connectivity index (χ1n) is 6.63. The first-order valence-corrected chi connectivity index (χ1v) is 6.63. The van der Waals surface area contributed by atoms with Crippen molar-refractivity contribution >= 4 is 18.8 Å². The minimum Gasteiger partial charge on any atom is -0.489 e. The van der Waals surface area contributed by atoms with Crippen molar-refractivity contribution in [3.8, 4) is 17.3 Å². The Bertz CT molecular complexity index is 933. The standard InChI is InChI=1S/C14H9BF2N4O/c16-15(17)22-14-13(21-8-4-2-6-12(21)19-14)10-9-20-7-3-1-5-11(20)18-10/h1-9H/p+1. The molecule has 0 aromatic carbocycles. The number of imidazole rings is 2. The maximum atomic E-state index is 12.7. The Morgan fingerprint density at radius 2 is 2.05 bits per heavy atom. The second kappa shape index (κ2) is 4.83. The molecule has 4 rings (SSSR count). The number of nitrogens with zero attached hydrogens (tertiary/aromatic N) is 3. The SMILES string of the molecule is FB(F)Oc1nc2ccccn2c1-c1c[n+]2ccccc2[nH]1. The molecule has 4 aromatic rings. The van der Waals surface area contributed by atoms with Crippen molar-refractivity contribution in [3.63, 3.8) is 0 Å². The highest BCUT2D eigenvalue weighted by Gasteiger charge is 2.27. The zero-order valence-corrected chi connectivity index (χ0v) is 11.3. The lowest BCUT2D eigenvalue weighted by molar-refractivity contribution is -0.509. The van der Waals surface area contributed by atoms with E-state index in [0.29, 0.717) is 17.0 Å². The Morgan fingerprint density at radius 1 is 1.18 bits per heavy atom. The summed E-state index contributed by atoms with van der Waals surface area (Å²) in [6, 6.07) is 11.0. The molecule has 4 heterocycles. The molecule has 0 saturated carbocycles. The molecule has 5 nitrogen and oxygen atoms in total. The summed E-state index contributed by atoms with van der Waals surface area (Å²) in [5.41, 5.74) is 2.48. The van der Waals surface area contributed by atoms with Gasteiger partial charge in [-0.15, -0.1) is 0 Å². The number of halogens is 2. The summed E-state index contributed by atoms with van der Waals surface area (Å²) in [5, 5.41) is 0. The summed E-state index contributed by atoms with van der Waals surface area (Å²) in [6.45, 7) is 0. The topological polar surface area (TPSA) is 46.4 Å². The van der Waals surface area contributed by atoms with Gasteiger partial charge in [0.05, 0.1) is 6.20 Å². The second-order valence-corrected chi connectivity index (χ2v) is 4.73. The highest BCUT2D eigenvalue weighted by Crippen LogP contribution is 2.30. The Hall–Kier alpha value is -2.90. The maximum Gasteiger partial charge on any atom is 0.797 e. The number of aromatic amines is 1. The fraction of sp³-hybridized carbons (Fsp3) is 0. The normalized spacial score (nSPS) is 11.2. The van der Waals surface area contributed by atoms with Gasteiger partial charge >= 0.3 is 7.47 Å². The first kappa shape index (κ1) is 12.8. The van der Waals surface area contributed by atoms with E-state index < -0.39 is 7.47 Å². The third kappa shape index (κ3) is 2.00. The minimum atomic E-state index is -2.93. The van der Waals surface area contributed by atoms with Crippen molar-refractivity contribution in [1.82, 2.24) is 14.4 Å². The molecule has 0 saturated heterocycles. The van der Waals surface area contributed by atoms with E-state index in [1.54, 1.807) is 28.8 Å². The highest BCUT2D eigenvalue weighted by molar-refractivity contribution is 6.35. The summed E-state index contributed by atoms with van der Waals surface area (Å²) in [7, 11) is -2.93. The zero-order chi connectivity index (χ0) is 15.1. The second-order valence-electron chi connectivity index (χ2n) is 4.73. The third-order valence-corrected chi connectivity index (χ3v) is 3.37. The van der Waals surface area contributed by atoms with Gasteiger partial charge in [0.25, 0.3) is 5.65 Å². The molecular weight excluding hydrogens is 289 g/mol. The van der Waals surface area contributed by atoms with Gasteiger partial charge in [-0.2, -0.15) is 4.98 Å². The van der Waals surface area contributed by atoms with E-state index in [0.717, 1.165) is 5.65 Å². The number of hydrogen-bond donors (Lipinski definition) is 1. The monoisotopic (exact) mass is 299 g/mol. The highest BCUT2D eigenvalue weighted by atomic mass is 19.2. The van der Waals surface area contributed by atoms with Gasteiger partial charge in [-0.3, -0.25) is 4.40 Å². The van der Waals surface area contributed by atoms with Gasteiger partial charge < -0.3 is 4.65 Å². The van der Waals surface area contributed by atoms with E-state index in [1.165, 1.54) is 0 Å². The van der Waals surface area contributed by atoms with E-state index in [2.05, 4.69) is 14.6 Å².